The Labute approximate surface area is 89.5 Å². The standard InChI is InChI=1S/C9H18N4S/c1-3-5-7(6-4-2)8-11-12-9(14)13(8)10/h7H,3-6,10H2,1-2H3,(H,12,14). The number of aromatic nitrogens is 3. The summed E-state index contributed by atoms with van der Waals surface area (Å²) in [6.45, 7) is 4.34. The molecule has 14 heavy (non-hydrogen) atoms. The largest absolute Gasteiger partial charge is 0.335 e. The second-order valence-corrected chi connectivity index (χ2v) is 3.92. The third-order valence-electron chi connectivity index (χ3n) is 2.37. The van der Waals surface area contributed by atoms with Gasteiger partial charge in [0.05, 0.1) is 0 Å². The van der Waals surface area contributed by atoms with Crippen molar-refractivity contribution < 1.29 is 0 Å². The number of H-pyrrole nitrogens is 1. The number of hydrogen-bond donors (Lipinski definition) is 2. The SMILES string of the molecule is CCCC(CCC)c1n[nH]c(=S)n1N. The predicted octanol–water partition coefficient (Wildman–Crippen LogP) is 2.34. The van der Waals surface area contributed by atoms with Crippen LogP contribution in [-0.4, -0.2) is 14.9 Å². The minimum atomic E-state index is 0.433. The van der Waals surface area contributed by atoms with Crippen LogP contribution >= 0.6 is 12.2 Å². The molecule has 0 bridgehead atoms. The number of nitrogen functional groups attached to an aromatic ring is 1. The second-order valence-electron chi connectivity index (χ2n) is 3.53. The fourth-order valence-electron chi connectivity index (χ4n) is 1.70. The van der Waals surface area contributed by atoms with E-state index in [1.165, 1.54) is 4.68 Å². The van der Waals surface area contributed by atoms with Crippen molar-refractivity contribution in [3.8, 4) is 0 Å². The van der Waals surface area contributed by atoms with Gasteiger partial charge in [-0.25, -0.2) is 4.68 Å². The van der Waals surface area contributed by atoms with Gasteiger partial charge in [-0.05, 0) is 25.1 Å². The van der Waals surface area contributed by atoms with Gasteiger partial charge in [0.2, 0.25) is 4.77 Å². The molecule has 4 nitrogen and oxygen atoms in total. The van der Waals surface area contributed by atoms with E-state index in [9.17, 15) is 0 Å². The van der Waals surface area contributed by atoms with Crippen LogP contribution in [0.15, 0.2) is 0 Å². The summed E-state index contributed by atoms with van der Waals surface area (Å²) in [7, 11) is 0. The van der Waals surface area contributed by atoms with Gasteiger partial charge in [0.25, 0.3) is 0 Å². The molecule has 1 aromatic rings. The van der Waals surface area contributed by atoms with E-state index in [1.54, 1.807) is 0 Å². The van der Waals surface area contributed by atoms with E-state index in [2.05, 4.69) is 24.0 Å². The minimum Gasteiger partial charge on any atom is -0.335 e. The molecule has 0 aromatic carbocycles. The molecule has 1 aromatic heterocycles. The maximum Gasteiger partial charge on any atom is 0.214 e. The first kappa shape index (κ1) is 11.2. The highest BCUT2D eigenvalue weighted by molar-refractivity contribution is 7.71. The van der Waals surface area contributed by atoms with E-state index < -0.39 is 0 Å². The number of rotatable bonds is 5. The Morgan fingerprint density at radius 3 is 2.36 bits per heavy atom. The summed E-state index contributed by atoms with van der Waals surface area (Å²) >= 11 is 4.98. The van der Waals surface area contributed by atoms with Gasteiger partial charge >= 0.3 is 0 Å². The maximum absolute atomic E-state index is 5.78. The van der Waals surface area contributed by atoms with Crippen molar-refractivity contribution in [3.63, 3.8) is 0 Å². The van der Waals surface area contributed by atoms with Gasteiger partial charge in [0.1, 0.15) is 0 Å². The quantitative estimate of drug-likeness (QED) is 0.584. The van der Waals surface area contributed by atoms with Gasteiger partial charge in [0, 0.05) is 5.92 Å². The number of hydrogen-bond acceptors (Lipinski definition) is 3. The van der Waals surface area contributed by atoms with E-state index in [0.29, 0.717) is 10.7 Å². The summed E-state index contributed by atoms with van der Waals surface area (Å²) in [5, 5.41) is 6.90. The highest BCUT2D eigenvalue weighted by Crippen LogP contribution is 2.23. The monoisotopic (exact) mass is 214 g/mol. The molecule has 0 saturated carbocycles. The first-order valence-electron chi connectivity index (χ1n) is 5.13. The van der Waals surface area contributed by atoms with Gasteiger partial charge < -0.3 is 5.84 Å². The fraction of sp³-hybridized carbons (Fsp3) is 0.778. The topological polar surface area (TPSA) is 59.6 Å². The summed E-state index contributed by atoms with van der Waals surface area (Å²) in [5.41, 5.74) is 0. The molecular formula is C9H18N4S. The fourth-order valence-corrected chi connectivity index (χ4v) is 1.84. The Morgan fingerprint density at radius 2 is 2.00 bits per heavy atom. The Morgan fingerprint density at radius 1 is 1.43 bits per heavy atom. The van der Waals surface area contributed by atoms with Crippen LogP contribution in [0.25, 0.3) is 0 Å². The van der Waals surface area contributed by atoms with Crippen molar-refractivity contribution >= 4 is 12.2 Å². The molecule has 0 radical (unpaired) electrons. The third kappa shape index (κ3) is 2.35. The lowest BCUT2D eigenvalue weighted by molar-refractivity contribution is 0.522. The van der Waals surface area contributed by atoms with E-state index in [0.717, 1.165) is 31.5 Å². The Balaban J connectivity index is 2.86. The highest BCUT2D eigenvalue weighted by atomic mass is 32.1. The summed E-state index contributed by atoms with van der Waals surface area (Å²) in [4.78, 5) is 0. The van der Waals surface area contributed by atoms with Crippen LogP contribution in [0.5, 0.6) is 0 Å². The van der Waals surface area contributed by atoms with Gasteiger partial charge in [-0.2, -0.15) is 5.10 Å². The smallest absolute Gasteiger partial charge is 0.214 e. The lowest BCUT2D eigenvalue weighted by atomic mass is 9.98. The van der Waals surface area contributed by atoms with Crippen molar-refractivity contribution in [1.82, 2.24) is 14.9 Å². The van der Waals surface area contributed by atoms with Gasteiger partial charge in [0.15, 0.2) is 5.82 Å². The maximum atomic E-state index is 5.78. The molecule has 80 valence electrons. The average Bonchev–Trinajstić information content (AvgIpc) is 2.48. The normalized spacial score (nSPS) is 11.1. The Bertz CT molecular complexity index is 322. The molecule has 0 saturated heterocycles. The third-order valence-corrected chi connectivity index (χ3v) is 2.66. The van der Waals surface area contributed by atoms with Crippen LogP contribution in [0.1, 0.15) is 51.3 Å². The van der Waals surface area contributed by atoms with Crippen LogP contribution in [0.4, 0.5) is 0 Å². The van der Waals surface area contributed by atoms with E-state index in [4.69, 9.17) is 18.1 Å². The second kappa shape index (κ2) is 5.14. The number of aromatic amines is 1. The van der Waals surface area contributed by atoms with Gasteiger partial charge in [-0.3, -0.25) is 5.10 Å². The Hall–Kier alpha value is -0.840. The van der Waals surface area contributed by atoms with Crippen LogP contribution in [0.2, 0.25) is 0 Å². The van der Waals surface area contributed by atoms with Crippen LogP contribution < -0.4 is 5.84 Å². The molecule has 0 amide bonds. The summed E-state index contributed by atoms with van der Waals surface area (Å²) in [6.07, 6.45) is 4.52. The molecule has 1 rings (SSSR count). The van der Waals surface area contributed by atoms with Crippen molar-refractivity contribution in [3.05, 3.63) is 10.6 Å². The number of nitrogens with one attached hydrogen (secondary N) is 1. The lowest BCUT2D eigenvalue weighted by Gasteiger charge is -2.13. The zero-order chi connectivity index (χ0) is 10.6. The molecule has 0 atom stereocenters. The summed E-state index contributed by atoms with van der Waals surface area (Å²) < 4.78 is 1.99. The molecule has 1 heterocycles. The van der Waals surface area contributed by atoms with Crippen LogP contribution in [0.3, 0.4) is 0 Å². The highest BCUT2D eigenvalue weighted by Gasteiger charge is 2.15. The minimum absolute atomic E-state index is 0.433. The molecular weight excluding hydrogens is 196 g/mol. The summed E-state index contributed by atoms with van der Waals surface area (Å²) in [6, 6.07) is 0. The molecule has 0 aliphatic carbocycles. The van der Waals surface area contributed by atoms with Crippen molar-refractivity contribution in [1.29, 1.82) is 0 Å². The lowest BCUT2D eigenvalue weighted by Crippen LogP contribution is -2.16. The number of nitrogens with zero attached hydrogens (tertiary/aromatic N) is 2. The van der Waals surface area contributed by atoms with Crippen molar-refractivity contribution in [2.75, 3.05) is 5.84 Å². The van der Waals surface area contributed by atoms with Gasteiger partial charge in [-0.15, -0.1) is 0 Å². The molecule has 0 spiro atoms. The van der Waals surface area contributed by atoms with E-state index >= 15 is 0 Å². The van der Waals surface area contributed by atoms with E-state index in [-0.39, 0.29) is 0 Å². The molecule has 0 aliphatic heterocycles. The van der Waals surface area contributed by atoms with Crippen molar-refractivity contribution in [2.24, 2.45) is 0 Å². The molecule has 0 fully saturated rings. The van der Waals surface area contributed by atoms with E-state index in [1.807, 2.05) is 0 Å². The zero-order valence-corrected chi connectivity index (χ0v) is 9.60. The van der Waals surface area contributed by atoms with Crippen LogP contribution in [-0.2, 0) is 0 Å². The molecule has 0 aliphatic rings. The predicted molar refractivity (Wildman–Crippen MR) is 60.1 cm³/mol. The molecule has 0 unspecified atom stereocenters. The first-order chi connectivity index (χ1) is 6.70. The van der Waals surface area contributed by atoms with Gasteiger partial charge in [-0.1, -0.05) is 26.7 Å². The average molecular weight is 214 g/mol. The molecule has 5 heteroatoms. The number of nitrogens with two attached hydrogens (primary N) is 1. The van der Waals surface area contributed by atoms with Crippen molar-refractivity contribution in [2.45, 2.75) is 45.4 Å². The summed E-state index contributed by atoms with van der Waals surface area (Å²) in [5.74, 6) is 7.10. The van der Waals surface area contributed by atoms with Crippen LogP contribution in [0, 0.1) is 4.77 Å². The Kier molecular flexibility index (Phi) is 4.13. The zero-order valence-electron chi connectivity index (χ0n) is 8.79. The first-order valence-corrected chi connectivity index (χ1v) is 5.53. The molecule has 3 N–H and O–H groups in total.